The van der Waals surface area contributed by atoms with E-state index in [1.54, 1.807) is 25.1 Å². The predicted molar refractivity (Wildman–Crippen MR) is 125 cm³/mol. The van der Waals surface area contributed by atoms with Crippen molar-refractivity contribution in [1.82, 2.24) is 15.8 Å². The van der Waals surface area contributed by atoms with E-state index in [9.17, 15) is 14.0 Å². The summed E-state index contributed by atoms with van der Waals surface area (Å²) < 4.78 is 18.8. The molecule has 0 bridgehead atoms. The highest BCUT2D eigenvalue weighted by Gasteiger charge is 2.17. The number of amides is 2. The van der Waals surface area contributed by atoms with Gasteiger partial charge in [-0.3, -0.25) is 20.4 Å². The van der Waals surface area contributed by atoms with E-state index < -0.39 is 11.8 Å². The van der Waals surface area contributed by atoms with Crippen molar-refractivity contribution in [2.24, 2.45) is 0 Å². The van der Waals surface area contributed by atoms with E-state index in [0.29, 0.717) is 26.9 Å². The Labute approximate surface area is 194 Å². The molecule has 0 saturated heterocycles. The molecule has 0 aliphatic heterocycles. The molecule has 0 radical (unpaired) electrons. The molecule has 33 heavy (non-hydrogen) atoms. The van der Waals surface area contributed by atoms with Crippen LogP contribution in [0.4, 0.5) is 4.39 Å². The van der Waals surface area contributed by atoms with Gasteiger partial charge in [-0.2, -0.15) is 0 Å². The van der Waals surface area contributed by atoms with Gasteiger partial charge in [0.05, 0.1) is 5.69 Å². The second-order valence-corrected chi connectivity index (χ2v) is 8.09. The zero-order chi connectivity index (χ0) is 23.2. The minimum absolute atomic E-state index is 0.271. The third kappa shape index (κ3) is 5.42. The van der Waals surface area contributed by atoms with Crippen LogP contribution in [0.5, 0.6) is 5.75 Å². The van der Waals surface area contributed by atoms with Crippen LogP contribution in [-0.4, -0.2) is 23.4 Å². The van der Waals surface area contributed by atoms with Crippen molar-refractivity contribution in [3.63, 3.8) is 0 Å². The van der Waals surface area contributed by atoms with Crippen molar-refractivity contribution in [2.45, 2.75) is 6.92 Å². The van der Waals surface area contributed by atoms with Gasteiger partial charge >= 0.3 is 0 Å². The molecule has 0 atom stereocenters. The number of aryl methyl sites for hydroxylation is 1. The second-order valence-electron chi connectivity index (χ2n) is 7.09. The first-order chi connectivity index (χ1) is 16.0. The lowest BCUT2D eigenvalue weighted by Gasteiger charge is -2.12. The predicted octanol–water partition coefficient (Wildman–Crippen LogP) is 4.76. The van der Waals surface area contributed by atoms with Gasteiger partial charge in [-0.15, -0.1) is 11.3 Å². The molecule has 3 aromatic carbocycles. The maximum atomic E-state index is 13.1. The molecular formula is C25H20FN3O3S. The summed E-state index contributed by atoms with van der Waals surface area (Å²) in [4.78, 5) is 29.5. The molecule has 4 aromatic rings. The Morgan fingerprint density at radius 3 is 2.36 bits per heavy atom. The number of aromatic nitrogens is 1. The van der Waals surface area contributed by atoms with Crippen molar-refractivity contribution in [3.8, 4) is 27.4 Å². The summed E-state index contributed by atoms with van der Waals surface area (Å²) in [5.41, 5.74) is 7.80. The number of carbonyl (C=O) groups excluding carboxylic acids is 2. The second kappa shape index (κ2) is 10.1. The molecule has 0 spiro atoms. The molecule has 1 heterocycles. The van der Waals surface area contributed by atoms with Gasteiger partial charge in [-0.25, -0.2) is 9.37 Å². The smallest absolute Gasteiger partial charge is 0.281 e. The lowest BCUT2D eigenvalue weighted by Crippen LogP contribution is -2.43. The van der Waals surface area contributed by atoms with Crippen LogP contribution in [0.3, 0.4) is 0 Å². The third-order valence-corrected chi connectivity index (χ3v) is 5.95. The number of carbonyl (C=O) groups is 2. The average Bonchev–Trinajstić information content (AvgIpc) is 3.24. The SMILES string of the molecule is Cc1nc(-c2ccc(F)cc2)sc1C(=O)NNC(=O)COc1ccccc1-c1ccccc1. The molecule has 0 aliphatic rings. The van der Waals surface area contributed by atoms with Crippen LogP contribution in [0.25, 0.3) is 21.7 Å². The highest BCUT2D eigenvalue weighted by molar-refractivity contribution is 7.17. The number of thiazole rings is 1. The quantitative estimate of drug-likeness (QED) is 0.406. The number of hydrazine groups is 1. The monoisotopic (exact) mass is 461 g/mol. The number of benzene rings is 3. The Morgan fingerprint density at radius 1 is 0.909 bits per heavy atom. The van der Waals surface area contributed by atoms with E-state index in [0.717, 1.165) is 22.5 Å². The summed E-state index contributed by atoms with van der Waals surface area (Å²) in [6.07, 6.45) is 0. The fourth-order valence-corrected chi connectivity index (χ4v) is 4.10. The molecule has 1 aromatic heterocycles. The summed E-state index contributed by atoms with van der Waals surface area (Å²) in [5.74, 6) is -0.780. The van der Waals surface area contributed by atoms with Crippen LogP contribution in [0.15, 0.2) is 78.9 Å². The number of para-hydroxylation sites is 1. The maximum Gasteiger partial charge on any atom is 0.281 e. The van der Waals surface area contributed by atoms with Crippen molar-refractivity contribution in [3.05, 3.63) is 95.3 Å². The van der Waals surface area contributed by atoms with E-state index in [1.807, 2.05) is 48.5 Å². The van der Waals surface area contributed by atoms with Gasteiger partial charge < -0.3 is 4.74 Å². The molecule has 2 N–H and O–H groups in total. The zero-order valence-corrected chi connectivity index (χ0v) is 18.5. The van der Waals surface area contributed by atoms with Gasteiger partial charge in [0.2, 0.25) is 0 Å². The molecule has 2 amide bonds. The number of nitrogens with one attached hydrogen (secondary N) is 2. The minimum Gasteiger partial charge on any atom is -0.483 e. The van der Waals surface area contributed by atoms with E-state index in [2.05, 4.69) is 15.8 Å². The van der Waals surface area contributed by atoms with Gasteiger partial charge in [0.25, 0.3) is 11.8 Å². The molecule has 4 rings (SSSR count). The number of nitrogens with zero attached hydrogens (tertiary/aromatic N) is 1. The molecule has 8 heteroatoms. The van der Waals surface area contributed by atoms with Crippen molar-refractivity contribution in [2.75, 3.05) is 6.61 Å². The fraction of sp³-hybridized carbons (Fsp3) is 0.0800. The van der Waals surface area contributed by atoms with Crippen LogP contribution in [0.1, 0.15) is 15.4 Å². The fourth-order valence-electron chi connectivity index (χ4n) is 3.13. The molecule has 0 unspecified atom stereocenters. The summed E-state index contributed by atoms with van der Waals surface area (Å²) in [6, 6.07) is 23.0. The highest BCUT2D eigenvalue weighted by atomic mass is 32.1. The zero-order valence-electron chi connectivity index (χ0n) is 17.7. The lowest BCUT2D eigenvalue weighted by atomic mass is 10.1. The van der Waals surface area contributed by atoms with Crippen LogP contribution in [-0.2, 0) is 4.79 Å². The first-order valence-electron chi connectivity index (χ1n) is 10.1. The summed E-state index contributed by atoms with van der Waals surface area (Å²) in [6.45, 7) is 1.43. The lowest BCUT2D eigenvalue weighted by molar-refractivity contribution is -0.123. The number of ether oxygens (including phenoxy) is 1. The molecule has 0 fully saturated rings. The van der Waals surface area contributed by atoms with Gasteiger partial charge in [0, 0.05) is 11.1 Å². The van der Waals surface area contributed by atoms with Gasteiger partial charge in [0.1, 0.15) is 21.5 Å². The average molecular weight is 462 g/mol. The first kappa shape index (κ1) is 22.2. The first-order valence-corrected chi connectivity index (χ1v) is 10.9. The van der Waals surface area contributed by atoms with Gasteiger partial charge in [-0.1, -0.05) is 48.5 Å². The van der Waals surface area contributed by atoms with Crippen LogP contribution < -0.4 is 15.6 Å². The van der Waals surface area contributed by atoms with Gasteiger partial charge in [0.15, 0.2) is 6.61 Å². The summed E-state index contributed by atoms with van der Waals surface area (Å²) in [5, 5.41) is 0.588. The Bertz CT molecular complexity index is 1270. The molecular weight excluding hydrogens is 441 g/mol. The van der Waals surface area contributed by atoms with E-state index in [-0.39, 0.29) is 12.4 Å². The summed E-state index contributed by atoms with van der Waals surface area (Å²) in [7, 11) is 0. The van der Waals surface area contributed by atoms with Crippen LogP contribution in [0, 0.1) is 12.7 Å². The normalized spacial score (nSPS) is 10.5. The Hall–Kier alpha value is -4.04. The minimum atomic E-state index is -0.507. The van der Waals surface area contributed by atoms with Gasteiger partial charge in [-0.05, 0) is 42.8 Å². The molecule has 0 saturated carbocycles. The van der Waals surface area contributed by atoms with E-state index in [1.165, 1.54) is 12.1 Å². The summed E-state index contributed by atoms with van der Waals surface area (Å²) >= 11 is 1.16. The Morgan fingerprint density at radius 2 is 1.61 bits per heavy atom. The molecule has 0 aliphatic carbocycles. The highest BCUT2D eigenvalue weighted by Crippen LogP contribution is 2.30. The van der Waals surface area contributed by atoms with Crippen LogP contribution >= 0.6 is 11.3 Å². The number of halogens is 1. The third-order valence-electron chi connectivity index (χ3n) is 4.74. The van der Waals surface area contributed by atoms with Crippen molar-refractivity contribution >= 4 is 23.2 Å². The molecule has 166 valence electrons. The topological polar surface area (TPSA) is 80.3 Å². The van der Waals surface area contributed by atoms with Crippen molar-refractivity contribution < 1.29 is 18.7 Å². The van der Waals surface area contributed by atoms with Crippen molar-refractivity contribution in [1.29, 1.82) is 0 Å². The maximum absolute atomic E-state index is 13.1. The Kier molecular flexibility index (Phi) is 6.75. The molecule has 6 nitrogen and oxygen atoms in total. The number of rotatable bonds is 6. The Balaban J connectivity index is 1.35. The number of hydrogen-bond donors (Lipinski definition) is 2. The van der Waals surface area contributed by atoms with Crippen LogP contribution in [0.2, 0.25) is 0 Å². The van der Waals surface area contributed by atoms with E-state index >= 15 is 0 Å². The van der Waals surface area contributed by atoms with E-state index in [4.69, 9.17) is 4.74 Å². The standard InChI is InChI=1S/C25H20FN3O3S/c1-16-23(33-25(27-16)18-11-13-19(26)14-12-18)24(31)29-28-22(30)15-32-21-10-6-5-9-20(21)17-7-3-2-4-8-17/h2-14H,15H2,1H3,(H,28,30)(H,29,31). The largest absolute Gasteiger partial charge is 0.483 e. The number of hydrogen-bond acceptors (Lipinski definition) is 5.